The van der Waals surface area contributed by atoms with Gasteiger partial charge in [-0.25, -0.2) is 9.97 Å². The summed E-state index contributed by atoms with van der Waals surface area (Å²) in [6.07, 6.45) is 1.50. The quantitative estimate of drug-likeness (QED) is 0.391. The van der Waals surface area contributed by atoms with Crippen LogP contribution in [0.4, 0.5) is 11.5 Å². The summed E-state index contributed by atoms with van der Waals surface area (Å²) in [6.45, 7) is 10.7. The maximum absolute atomic E-state index is 12.0. The van der Waals surface area contributed by atoms with Crippen molar-refractivity contribution < 1.29 is 4.79 Å². The minimum atomic E-state index is -0.197. The Labute approximate surface area is 217 Å². The van der Waals surface area contributed by atoms with Gasteiger partial charge in [0.15, 0.2) is 0 Å². The fourth-order valence-corrected chi connectivity index (χ4v) is 4.88. The van der Waals surface area contributed by atoms with Crippen LogP contribution in [0.3, 0.4) is 0 Å². The van der Waals surface area contributed by atoms with Gasteiger partial charge < -0.3 is 20.5 Å². The molecule has 0 atom stereocenters. The molecule has 2 aromatic heterocycles. The van der Waals surface area contributed by atoms with Gasteiger partial charge in [0, 0.05) is 56.6 Å². The Kier molecular flexibility index (Phi) is 6.78. The van der Waals surface area contributed by atoms with Crippen LogP contribution in [-0.4, -0.2) is 63.5 Å². The summed E-state index contributed by atoms with van der Waals surface area (Å²) in [6, 6.07) is 16.5. The second-order valence-corrected chi connectivity index (χ2v) is 9.83. The fraction of sp³-hybridized carbons (Fsp3) is 0.276. The molecule has 8 heteroatoms. The third kappa shape index (κ3) is 4.98. The van der Waals surface area contributed by atoms with Crippen LogP contribution in [-0.2, 0) is 18.4 Å². The number of aromatic nitrogens is 3. The number of carbonyl (C=O) groups excluding carboxylic acids is 1. The van der Waals surface area contributed by atoms with E-state index in [1.54, 1.807) is 6.92 Å². The number of piperazine rings is 1. The molecule has 0 bridgehead atoms. The van der Waals surface area contributed by atoms with Crippen LogP contribution < -0.4 is 11.1 Å². The first-order valence-electron chi connectivity index (χ1n) is 12.5. The van der Waals surface area contributed by atoms with Crippen molar-refractivity contribution in [3.63, 3.8) is 0 Å². The number of fused-ring (bicyclic) bond motifs is 1. The first kappa shape index (κ1) is 24.7. The third-order valence-corrected chi connectivity index (χ3v) is 7.05. The smallest absolute Gasteiger partial charge is 0.250 e. The summed E-state index contributed by atoms with van der Waals surface area (Å²) in [7, 11) is 4.17. The summed E-state index contributed by atoms with van der Waals surface area (Å²) < 4.78 is 2.06. The number of rotatable bonds is 6. The van der Waals surface area contributed by atoms with Gasteiger partial charge >= 0.3 is 0 Å². The molecule has 190 valence electrons. The van der Waals surface area contributed by atoms with E-state index < -0.39 is 0 Å². The number of nitrogens with zero attached hydrogens (tertiary/aromatic N) is 5. The van der Waals surface area contributed by atoms with E-state index in [2.05, 4.69) is 67.5 Å². The van der Waals surface area contributed by atoms with Gasteiger partial charge in [-0.15, -0.1) is 0 Å². The van der Waals surface area contributed by atoms with Crippen LogP contribution in [0.2, 0.25) is 0 Å². The van der Waals surface area contributed by atoms with E-state index in [0.29, 0.717) is 17.1 Å². The molecule has 1 aliphatic rings. The summed E-state index contributed by atoms with van der Waals surface area (Å²) >= 11 is 0. The van der Waals surface area contributed by atoms with Gasteiger partial charge in [0.1, 0.15) is 17.8 Å². The van der Waals surface area contributed by atoms with Gasteiger partial charge in [-0.05, 0) is 42.8 Å². The zero-order chi connectivity index (χ0) is 26.1. The molecule has 3 N–H and O–H groups in total. The highest BCUT2D eigenvalue weighted by atomic mass is 16.1. The van der Waals surface area contributed by atoms with Crippen molar-refractivity contribution in [2.45, 2.75) is 13.5 Å². The van der Waals surface area contributed by atoms with E-state index in [4.69, 9.17) is 5.73 Å². The molecular weight excluding hydrogens is 462 g/mol. The van der Waals surface area contributed by atoms with E-state index >= 15 is 0 Å². The molecule has 0 radical (unpaired) electrons. The average molecular weight is 496 g/mol. The second kappa shape index (κ2) is 10.2. The zero-order valence-electron chi connectivity index (χ0n) is 21.7. The van der Waals surface area contributed by atoms with Crippen LogP contribution in [0.1, 0.15) is 12.5 Å². The van der Waals surface area contributed by atoms with Crippen LogP contribution in [0, 0.1) is 0 Å². The van der Waals surface area contributed by atoms with Crippen LogP contribution >= 0.6 is 0 Å². The number of anilines is 2. The predicted molar refractivity (Wildman–Crippen MR) is 150 cm³/mol. The molecule has 0 spiro atoms. The van der Waals surface area contributed by atoms with E-state index in [9.17, 15) is 4.79 Å². The number of aryl methyl sites for hydroxylation is 1. The van der Waals surface area contributed by atoms with Crippen LogP contribution in [0.15, 0.2) is 67.0 Å². The Hall–Kier alpha value is -4.01. The molecule has 0 saturated carbocycles. The molecule has 1 aliphatic heterocycles. The van der Waals surface area contributed by atoms with Crippen molar-refractivity contribution in [1.29, 1.82) is 0 Å². The first-order valence-corrected chi connectivity index (χ1v) is 12.5. The number of amides is 1. The fourth-order valence-electron chi connectivity index (χ4n) is 4.88. The van der Waals surface area contributed by atoms with Crippen LogP contribution in [0.5, 0.6) is 0 Å². The highest BCUT2D eigenvalue weighted by Crippen LogP contribution is 2.41. The minimum Gasteiger partial charge on any atom is -0.383 e. The third-order valence-electron chi connectivity index (χ3n) is 7.05. The molecule has 1 saturated heterocycles. The number of likely N-dealkylation sites (N-methyl/N-ethyl adjacent to an activating group) is 1. The maximum atomic E-state index is 12.0. The molecule has 0 aliphatic carbocycles. The summed E-state index contributed by atoms with van der Waals surface area (Å²) in [5, 5.41) is 3.70. The minimum absolute atomic E-state index is 0.197. The SMILES string of the molecule is C=C(C)C(=O)Nc1ccc(-c2c(-c3ccc(CN4CCN(C)CC4)cc3)c3c(N)ncnc3n2C)cc1. The van der Waals surface area contributed by atoms with Gasteiger partial charge in [0.25, 0.3) is 5.91 Å². The van der Waals surface area contributed by atoms with Gasteiger partial charge in [0.2, 0.25) is 0 Å². The Morgan fingerprint density at radius 3 is 2.27 bits per heavy atom. The van der Waals surface area contributed by atoms with Crippen LogP contribution in [0.25, 0.3) is 33.4 Å². The van der Waals surface area contributed by atoms with E-state index in [0.717, 1.165) is 66.1 Å². The lowest BCUT2D eigenvalue weighted by atomic mass is 9.97. The van der Waals surface area contributed by atoms with Gasteiger partial charge in [0.05, 0.1) is 11.1 Å². The number of hydrogen-bond acceptors (Lipinski definition) is 6. The summed E-state index contributed by atoms with van der Waals surface area (Å²) in [4.78, 5) is 25.7. The number of carbonyl (C=O) groups is 1. The number of nitrogen functional groups attached to an aromatic ring is 1. The number of nitrogens with two attached hydrogens (primary N) is 1. The van der Waals surface area contributed by atoms with Crippen molar-refractivity contribution in [2.24, 2.45) is 7.05 Å². The Balaban J connectivity index is 1.52. The van der Waals surface area contributed by atoms with Crippen molar-refractivity contribution in [3.8, 4) is 22.4 Å². The molecule has 8 nitrogen and oxygen atoms in total. The number of benzene rings is 2. The van der Waals surface area contributed by atoms with E-state index in [1.165, 1.54) is 11.9 Å². The summed E-state index contributed by atoms with van der Waals surface area (Å²) in [5.74, 6) is 0.256. The lowest BCUT2D eigenvalue weighted by Crippen LogP contribution is -2.43. The van der Waals surface area contributed by atoms with Gasteiger partial charge in [-0.1, -0.05) is 43.0 Å². The molecule has 0 unspecified atom stereocenters. The molecule has 2 aromatic carbocycles. The largest absolute Gasteiger partial charge is 0.383 e. The number of hydrogen-bond donors (Lipinski definition) is 2. The van der Waals surface area contributed by atoms with Crippen molar-refractivity contribution >= 4 is 28.4 Å². The second-order valence-electron chi connectivity index (χ2n) is 9.83. The molecule has 4 aromatic rings. The normalized spacial score (nSPS) is 14.7. The molecular formula is C29H33N7O. The van der Waals surface area contributed by atoms with Gasteiger partial charge in [-0.2, -0.15) is 0 Å². The molecule has 3 heterocycles. The molecule has 5 rings (SSSR count). The standard InChI is InChI=1S/C29H33N7O/c1-19(2)29(37)33-23-11-9-22(10-12-23)26-24(25-27(30)31-18-32-28(25)35(26)4)21-7-5-20(6-8-21)17-36-15-13-34(3)14-16-36/h5-12,18H,1,13-17H2,2-4H3,(H,33,37)(H2,30,31,32). The lowest BCUT2D eigenvalue weighted by Gasteiger charge is -2.32. The molecule has 1 amide bonds. The zero-order valence-corrected chi connectivity index (χ0v) is 21.7. The Morgan fingerprint density at radius 2 is 1.62 bits per heavy atom. The Bertz CT molecular complexity index is 1450. The van der Waals surface area contributed by atoms with Crippen molar-refractivity contribution in [3.05, 3.63) is 72.6 Å². The van der Waals surface area contributed by atoms with Gasteiger partial charge in [-0.3, -0.25) is 9.69 Å². The predicted octanol–water partition coefficient (Wildman–Crippen LogP) is 4.15. The lowest BCUT2D eigenvalue weighted by molar-refractivity contribution is -0.112. The Morgan fingerprint density at radius 1 is 0.973 bits per heavy atom. The van der Waals surface area contributed by atoms with Crippen molar-refractivity contribution in [2.75, 3.05) is 44.3 Å². The highest BCUT2D eigenvalue weighted by molar-refractivity contribution is 6.08. The first-order chi connectivity index (χ1) is 17.8. The molecule has 37 heavy (non-hydrogen) atoms. The summed E-state index contributed by atoms with van der Waals surface area (Å²) in [5.41, 5.74) is 13.7. The maximum Gasteiger partial charge on any atom is 0.250 e. The average Bonchev–Trinajstić information content (AvgIpc) is 3.20. The highest BCUT2D eigenvalue weighted by Gasteiger charge is 2.22. The van der Waals surface area contributed by atoms with E-state index in [1.807, 2.05) is 31.3 Å². The molecule has 1 fully saturated rings. The number of nitrogens with one attached hydrogen (secondary N) is 1. The monoisotopic (exact) mass is 495 g/mol. The van der Waals surface area contributed by atoms with E-state index in [-0.39, 0.29) is 5.91 Å². The topological polar surface area (TPSA) is 92.3 Å². The van der Waals surface area contributed by atoms with Crippen molar-refractivity contribution in [1.82, 2.24) is 24.3 Å².